The molecular weight excluding hydrogens is 274 g/mol. The first kappa shape index (κ1) is 13.3. The predicted molar refractivity (Wildman–Crippen MR) is 78.6 cm³/mol. The van der Waals surface area contributed by atoms with E-state index < -0.39 is 16.6 Å². The Morgan fingerprint density at radius 3 is 2.35 bits per heavy atom. The standard InChI is InChI=1S/C15H17NO3S/c1-2-19-11-12-7-3-4-8-13(12)14-9-5-6-10-15(14)20(16,17)18/h3-10H,2,11H2,1H3,(H2,16,17,18)/i11D. The van der Waals surface area contributed by atoms with Crippen LogP contribution in [-0.4, -0.2) is 15.0 Å². The quantitative estimate of drug-likeness (QED) is 0.920. The molecule has 4 nitrogen and oxygen atoms in total. The van der Waals surface area contributed by atoms with E-state index >= 15 is 0 Å². The number of rotatable bonds is 5. The first-order chi connectivity index (χ1) is 9.95. The van der Waals surface area contributed by atoms with Crippen molar-refractivity contribution in [3.8, 4) is 11.1 Å². The van der Waals surface area contributed by atoms with E-state index in [4.69, 9.17) is 11.2 Å². The molecule has 2 aromatic carbocycles. The van der Waals surface area contributed by atoms with Crippen LogP contribution >= 0.6 is 0 Å². The van der Waals surface area contributed by atoms with Gasteiger partial charge in [-0.05, 0) is 24.1 Å². The first-order valence-electron chi connectivity index (χ1n) is 6.78. The zero-order valence-electron chi connectivity index (χ0n) is 12.1. The van der Waals surface area contributed by atoms with Crippen LogP contribution in [0.15, 0.2) is 53.4 Å². The van der Waals surface area contributed by atoms with Gasteiger partial charge in [-0.15, -0.1) is 0 Å². The highest BCUT2D eigenvalue weighted by atomic mass is 32.2. The van der Waals surface area contributed by atoms with Crippen LogP contribution in [0.1, 0.15) is 13.9 Å². The van der Waals surface area contributed by atoms with E-state index in [0.717, 1.165) is 0 Å². The second-order valence-electron chi connectivity index (χ2n) is 4.20. The van der Waals surface area contributed by atoms with Gasteiger partial charge >= 0.3 is 0 Å². The van der Waals surface area contributed by atoms with Gasteiger partial charge in [-0.1, -0.05) is 42.5 Å². The van der Waals surface area contributed by atoms with Crippen molar-refractivity contribution in [1.29, 1.82) is 0 Å². The summed E-state index contributed by atoms with van der Waals surface area (Å²) in [5, 5.41) is 5.27. The third kappa shape index (κ3) is 3.25. The van der Waals surface area contributed by atoms with Crippen molar-refractivity contribution >= 4 is 10.0 Å². The van der Waals surface area contributed by atoms with E-state index in [2.05, 4.69) is 0 Å². The van der Waals surface area contributed by atoms with E-state index in [1.807, 2.05) is 6.92 Å². The number of ether oxygens (including phenoxy) is 1. The fourth-order valence-corrected chi connectivity index (χ4v) is 2.71. The fraction of sp³-hybridized carbons (Fsp3) is 0.200. The molecule has 0 saturated heterocycles. The molecule has 0 bridgehead atoms. The molecule has 0 aliphatic rings. The number of hydrogen-bond donors (Lipinski definition) is 1. The van der Waals surface area contributed by atoms with E-state index in [0.29, 0.717) is 23.3 Å². The van der Waals surface area contributed by atoms with Crippen LogP contribution in [0.4, 0.5) is 0 Å². The van der Waals surface area contributed by atoms with Gasteiger partial charge < -0.3 is 4.74 Å². The van der Waals surface area contributed by atoms with Gasteiger partial charge in [0, 0.05) is 12.2 Å². The fourth-order valence-electron chi connectivity index (χ4n) is 1.96. The Bertz CT molecular complexity index is 731. The second kappa shape index (κ2) is 6.17. The smallest absolute Gasteiger partial charge is 0.238 e. The summed E-state index contributed by atoms with van der Waals surface area (Å²) >= 11 is 0. The monoisotopic (exact) mass is 292 g/mol. The zero-order chi connectivity index (χ0) is 15.5. The number of benzene rings is 2. The molecule has 0 radical (unpaired) electrons. The molecule has 0 saturated carbocycles. The summed E-state index contributed by atoms with van der Waals surface area (Å²) in [6.45, 7) is 1.33. The minimum Gasteiger partial charge on any atom is -0.377 e. The number of sulfonamides is 1. The molecule has 0 amide bonds. The van der Waals surface area contributed by atoms with Crippen molar-refractivity contribution in [3.63, 3.8) is 0 Å². The van der Waals surface area contributed by atoms with Crippen LogP contribution in [0, 0.1) is 0 Å². The topological polar surface area (TPSA) is 69.4 Å². The summed E-state index contributed by atoms with van der Waals surface area (Å²) in [5.74, 6) is 0. The predicted octanol–water partition coefficient (Wildman–Crippen LogP) is 2.54. The summed E-state index contributed by atoms with van der Waals surface area (Å²) in [7, 11) is -3.84. The maximum Gasteiger partial charge on any atom is 0.238 e. The molecule has 2 aromatic rings. The maximum atomic E-state index is 11.7. The van der Waals surface area contributed by atoms with Crippen LogP contribution in [0.3, 0.4) is 0 Å². The number of primary sulfonamides is 1. The van der Waals surface area contributed by atoms with Crippen molar-refractivity contribution in [3.05, 3.63) is 54.1 Å². The van der Waals surface area contributed by atoms with Crippen molar-refractivity contribution in [2.24, 2.45) is 5.14 Å². The maximum absolute atomic E-state index is 11.7. The number of hydrogen-bond acceptors (Lipinski definition) is 3. The second-order valence-corrected chi connectivity index (χ2v) is 5.73. The van der Waals surface area contributed by atoms with Gasteiger partial charge in [0.2, 0.25) is 10.0 Å². The Kier molecular flexibility index (Phi) is 4.11. The molecule has 1 unspecified atom stereocenters. The molecule has 0 spiro atoms. The molecule has 0 aliphatic heterocycles. The molecule has 1 atom stereocenters. The van der Waals surface area contributed by atoms with E-state index in [1.54, 1.807) is 42.5 Å². The summed E-state index contributed by atoms with van der Waals surface area (Å²) in [6.07, 6.45) is 0. The third-order valence-corrected chi connectivity index (χ3v) is 3.79. The van der Waals surface area contributed by atoms with Crippen LogP contribution in [0.25, 0.3) is 11.1 Å². The third-order valence-electron chi connectivity index (χ3n) is 2.82. The Balaban J connectivity index is 2.64. The van der Waals surface area contributed by atoms with Gasteiger partial charge in [-0.3, -0.25) is 0 Å². The van der Waals surface area contributed by atoms with Crippen molar-refractivity contribution in [2.45, 2.75) is 18.4 Å². The lowest BCUT2D eigenvalue weighted by Gasteiger charge is -2.12. The lowest BCUT2D eigenvalue weighted by molar-refractivity contribution is 0.134. The van der Waals surface area contributed by atoms with Crippen LogP contribution < -0.4 is 5.14 Å². The molecule has 0 aliphatic carbocycles. The van der Waals surface area contributed by atoms with Gasteiger partial charge in [-0.2, -0.15) is 0 Å². The van der Waals surface area contributed by atoms with Gasteiger partial charge in [0.05, 0.1) is 12.8 Å². The van der Waals surface area contributed by atoms with Gasteiger partial charge in [0.1, 0.15) is 0 Å². The Labute approximate surface area is 120 Å². The average Bonchev–Trinajstić information content (AvgIpc) is 2.46. The SMILES string of the molecule is [2H]C(OCC)c1ccccc1-c1ccccc1S(N)(=O)=O. The molecule has 0 heterocycles. The van der Waals surface area contributed by atoms with Gasteiger partial charge in [-0.25, -0.2) is 13.6 Å². The molecule has 5 heteroatoms. The molecule has 2 N–H and O–H groups in total. The molecule has 0 aromatic heterocycles. The lowest BCUT2D eigenvalue weighted by Crippen LogP contribution is -2.13. The summed E-state index contributed by atoms with van der Waals surface area (Å²) in [4.78, 5) is 0.0427. The summed E-state index contributed by atoms with van der Waals surface area (Å²) in [6, 6.07) is 13.6. The van der Waals surface area contributed by atoms with Gasteiger partial charge in [0.15, 0.2) is 0 Å². The molecular formula is C15H17NO3S. The summed E-state index contributed by atoms with van der Waals surface area (Å²) in [5.41, 5.74) is 1.72. The highest BCUT2D eigenvalue weighted by Crippen LogP contribution is 2.29. The minimum absolute atomic E-state index is 0.0427. The van der Waals surface area contributed by atoms with E-state index in [-0.39, 0.29) is 4.90 Å². The van der Waals surface area contributed by atoms with Crippen LogP contribution in [0.2, 0.25) is 0 Å². The normalized spacial score (nSPS) is 13.8. The number of nitrogens with two attached hydrogens (primary N) is 1. The largest absolute Gasteiger partial charge is 0.377 e. The van der Waals surface area contributed by atoms with Gasteiger partial charge in [0.25, 0.3) is 0 Å². The van der Waals surface area contributed by atoms with E-state index in [9.17, 15) is 8.42 Å². The first-order valence-corrected chi connectivity index (χ1v) is 7.74. The molecule has 106 valence electrons. The molecule has 0 fully saturated rings. The Hall–Kier alpha value is -1.69. The van der Waals surface area contributed by atoms with Crippen LogP contribution in [-0.2, 0) is 21.3 Å². The molecule has 2 rings (SSSR count). The average molecular weight is 292 g/mol. The van der Waals surface area contributed by atoms with Crippen LogP contribution in [0.5, 0.6) is 0 Å². The summed E-state index contributed by atoms with van der Waals surface area (Å²) < 4.78 is 36.8. The minimum atomic E-state index is -3.84. The highest BCUT2D eigenvalue weighted by Gasteiger charge is 2.16. The lowest BCUT2D eigenvalue weighted by atomic mass is 10.0. The zero-order valence-corrected chi connectivity index (χ0v) is 11.9. The highest BCUT2D eigenvalue weighted by molar-refractivity contribution is 7.89. The van der Waals surface area contributed by atoms with Crippen molar-refractivity contribution < 1.29 is 14.5 Å². The molecule has 20 heavy (non-hydrogen) atoms. The Morgan fingerprint density at radius 1 is 1.10 bits per heavy atom. The van der Waals surface area contributed by atoms with Crippen molar-refractivity contribution in [1.82, 2.24) is 0 Å². The Morgan fingerprint density at radius 2 is 1.70 bits per heavy atom. The van der Waals surface area contributed by atoms with E-state index in [1.165, 1.54) is 6.07 Å². The van der Waals surface area contributed by atoms with Crippen molar-refractivity contribution in [2.75, 3.05) is 6.61 Å².